The summed E-state index contributed by atoms with van der Waals surface area (Å²) in [6.07, 6.45) is 0. The van der Waals surface area contributed by atoms with Gasteiger partial charge in [0.25, 0.3) is 5.69 Å². The van der Waals surface area contributed by atoms with E-state index in [-0.39, 0.29) is 10.6 Å². The van der Waals surface area contributed by atoms with Crippen LogP contribution >= 0.6 is 0 Å². The largest absolute Gasteiger partial charge is 0.305 e. The molecule has 0 saturated carbocycles. The lowest BCUT2D eigenvalue weighted by molar-refractivity contribution is -0.385. The molecule has 0 aliphatic heterocycles. The lowest BCUT2D eigenvalue weighted by Gasteiger charge is -2.09. The molecule has 0 aliphatic carbocycles. The predicted molar refractivity (Wildman–Crippen MR) is 55.2 cm³/mol. The number of nitro benzene ring substituents is 1. The van der Waals surface area contributed by atoms with Crippen LogP contribution in [0.1, 0.15) is 11.1 Å². The third-order valence-electron chi connectivity index (χ3n) is 1.97. The molecule has 0 aliphatic rings. The summed E-state index contributed by atoms with van der Waals surface area (Å²) in [5.74, 6) is 0. The molecule has 76 valence electrons. The van der Waals surface area contributed by atoms with Gasteiger partial charge in [-0.25, -0.2) is 0 Å². The molecule has 0 bridgehead atoms. The Hall–Kier alpha value is -1.42. The van der Waals surface area contributed by atoms with Gasteiger partial charge in [0.2, 0.25) is 0 Å². The van der Waals surface area contributed by atoms with Gasteiger partial charge in [-0.05, 0) is 26.6 Å². The van der Waals surface area contributed by atoms with Crippen LogP contribution in [0.5, 0.6) is 0 Å². The lowest BCUT2D eigenvalue weighted by Crippen LogP contribution is -2.10. The smallest absolute Gasteiger partial charge is 0.272 e. The van der Waals surface area contributed by atoms with Crippen molar-refractivity contribution in [3.05, 3.63) is 39.4 Å². The molecule has 1 aromatic carbocycles. The minimum absolute atomic E-state index is 0.198. The zero-order valence-corrected chi connectivity index (χ0v) is 8.65. The predicted octanol–water partition coefficient (Wildman–Crippen LogP) is 1.96. The number of hydrogen-bond donors (Lipinski definition) is 0. The second kappa shape index (κ2) is 4.19. The zero-order chi connectivity index (χ0) is 10.7. The zero-order valence-electron chi connectivity index (χ0n) is 8.65. The van der Waals surface area contributed by atoms with E-state index in [9.17, 15) is 10.1 Å². The van der Waals surface area contributed by atoms with Gasteiger partial charge in [-0.3, -0.25) is 10.1 Å². The summed E-state index contributed by atoms with van der Waals surface area (Å²) in [5.41, 5.74) is 1.87. The minimum Gasteiger partial charge on any atom is -0.305 e. The molecule has 0 N–H and O–H groups in total. The SMILES string of the molecule is Cc1ccc(CN(C)C)cc1[N+](=O)[O-]. The fourth-order valence-corrected chi connectivity index (χ4v) is 1.32. The summed E-state index contributed by atoms with van der Waals surface area (Å²) < 4.78 is 0. The van der Waals surface area contributed by atoms with Gasteiger partial charge < -0.3 is 4.90 Å². The standard InChI is InChI=1S/C10H14N2O2/c1-8-4-5-9(7-11(2)3)6-10(8)12(13)14/h4-6H,7H2,1-3H3. The van der Waals surface area contributed by atoms with Crippen LogP contribution in [-0.2, 0) is 6.54 Å². The number of rotatable bonds is 3. The Morgan fingerprint density at radius 1 is 1.43 bits per heavy atom. The number of benzene rings is 1. The highest BCUT2D eigenvalue weighted by molar-refractivity contribution is 5.42. The van der Waals surface area contributed by atoms with Crippen LogP contribution in [0.4, 0.5) is 5.69 Å². The summed E-state index contributed by atoms with van der Waals surface area (Å²) in [4.78, 5) is 12.3. The molecule has 1 aromatic rings. The average Bonchev–Trinajstić information content (AvgIpc) is 2.07. The van der Waals surface area contributed by atoms with E-state index in [4.69, 9.17) is 0 Å². The second-order valence-corrected chi connectivity index (χ2v) is 3.62. The van der Waals surface area contributed by atoms with Gasteiger partial charge in [-0.15, -0.1) is 0 Å². The molecular weight excluding hydrogens is 180 g/mol. The van der Waals surface area contributed by atoms with E-state index in [1.807, 2.05) is 25.1 Å². The van der Waals surface area contributed by atoms with Crippen molar-refractivity contribution in [3.63, 3.8) is 0 Å². The Balaban J connectivity index is 3.00. The third-order valence-corrected chi connectivity index (χ3v) is 1.97. The summed E-state index contributed by atoms with van der Waals surface area (Å²) in [6, 6.07) is 5.34. The van der Waals surface area contributed by atoms with E-state index >= 15 is 0 Å². The van der Waals surface area contributed by atoms with Crippen LogP contribution < -0.4 is 0 Å². The van der Waals surface area contributed by atoms with E-state index in [1.165, 1.54) is 0 Å². The Bertz CT molecular complexity index is 348. The first kappa shape index (κ1) is 10.7. The van der Waals surface area contributed by atoms with E-state index < -0.39 is 0 Å². The van der Waals surface area contributed by atoms with Crippen molar-refractivity contribution in [3.8, 4) is 0 Å². The fourth-order valence-electron chi connectivity index (χ4n) is 1.32. The Labute approximate surface area is 83.3 Å². The van der Waals surface area contributed by atoms with Crippen LogP contribution in [0, 0.1) is 17.0 Å². The van der Waals surface area contributed by atoms with Crippen LogP contribution in [0.15, 0.2) is 18.2 Å². The molecule has 0 saturated heterocycles. The van der Waals surface area contributed by atoms with Crippen molar-refractivity contribution in [2.45, 2.75) is 13.5 Å². The number of nitrogens with zero attached hydrogens (tertiary/aromatic N) is 2. The molecule has 0 amide bonds. The molecule has 0 heterocycles. The molecule has 0 atom stereocenters. The van der Waals surface area contributed by atoms with Gasteiger partial charge in [0.15, 0.2) is 0 Å². The number of aryl methyl sites for hydroxylation is 1. The van der Waals surface area contributed by atoms with Crippen LogP contribution in [-0.4, -0.2) is 23.9 Å². The molecule has 0 spiro atoms. The first-order chi connectivity index (χ1) is 6.50. The van der Waals surface area contributed by atoms with Crippen LogP contribution in [0.3, 0.4) is 0 Å². The molecule has 0 radical (unpaired) electrons. The minimum atomic E-state index is -0.339. The highest BCUT2D eigenvalue weighted by Crippen LogP contribution is 2.19. The third kappa shape index (κ3) is 2.53. The van der Waals surface area contributed by atoms with Gasteiger partial charge in [0, 0.05) is 18.2 Å². The monoisotopic (exact) mass is 194 g/mol. The average molecular weight is 194 g/mol. The van der Waals surface area contributed by atoms with Crippen molar-refractivity contribution in [1.29, 1.82) is 0 Å². The summed E-state index contributed by atoms with van der Waals surface area (Å²) >= 11 is 0. The second-order valence-electron chi connectivity index (χ2n) is 3.62. The molecule has 14 heavy (non-hydrogen) atoms. The van der Waals surface area contributed by atoms with Crippen molar-refractivity contribution in [2.24, 2.45) is 0 Å². The first-order valence-corrected chi connectivity index (χ1v) is 4.39. The number of hydrogen-bond acceptors (Lipinski definition) is 3. The van der Waals surface area contributed by atoms with Crippen molar-refractivity contribution >= 4 is 5.69 Å². The van der Waals surface area contributed by atoms with Gasteiger partial charge in [0.1, 0.15) is 0 Å². The molecule has 4 heteroatoms. The molecule has 0 aromatic heterocycles. The Kier molecular flexibility index (Phi) is 3.19. The Morgan fingerprint density at radius 3 is 2.57 bits per heavy atom. The molecular formula is C10H14N2O2. The highest BCUT2D eigenvalue weighted by Gasteiger charge is 2.10. The molecule has 4 nitrogen and oxygen atoms in total. The summed E-state index contributed by atoms with van der Waals surface area (Å²) in [6.45, 7) is 2.47. The van der Waals surface area contributed by atoms with Gasteiger partial charge in [0.05, 0.1) is 4.92 Å². The molecule has 0 unspecified atom stereocenters. The van der Waals surface area contributed by atoms with Crippen LogP contribution in [0.25, 0.3) is 0 Å². The Morgan fingerprint density at radius 2 is 2.07 bits per heavy atom. The lowest BCUT2D eigenvalue weighted by atomic mass is 10.1. The molecule has 0 fully saturated rings. The first-order valence-electron chi connectivity index (χ1n) is 4.39. The molecule has 1 rings (SSSR count). The fraction of sp³-hybridized carbons (Fsp3) is 0.400. The van der Waals surface area contributed by atoms with Gasteiger partial charge >= 0.3 is 0 Å². The van der Waals surface area contributed by atoms with Crippen molar-refractivity contribution in [2.75, 3.05) is 14.1 Å². The topological polar surface area (TPSA) is 46.4 Å². The van der Waals surface area contributed by atoms with Crippen molar-refractivity contribution < 1.29 is 4.92 Å². The highest BCUT2D eigenvalue weighted by atomic mass is 16.6. The van der Waals surface area contributed by atoms with E-state index in [0.29, 0.717) is 5.56 Å². The number of nitro groups is 1. The van der Waals surface area contributed by atoms with E-state index in [1.54, 1.807) is 19.1 Å². The van der Waals surface area contributed by atoms with Gasteiger partial charge in [-0.2, -0.15) is 0 Å². The maximum absolute atomic E-state index is 10.7. The maximum Gasteiger partial charge on any atom is 0.272 e. The summed E-state index contributed by atoms with van der Waals surface area (Å²) in [7, 11) is 3.87. The normalized spacial score (nSPS) is 10.6. The van der Waals surface area contributed by atoms with Crippen molar-refractivity contribution in [1.82, 2.24) is 4.90 Å². The van der Waals surface area contributed by atoms with E-state index in [2.05, 4.69) is 0 Å². The summed E-state index contributed by atoms with van der Waals surface area (Å²) in [5, 5.41) is 10.7. The van der Waals surface area contributed by atoms with Gasteiger partial charge in [-0.1, -0.05) is 12.1 Å². The quantitative estimate of drug-likeness (QED) is 0.546. The van der Waals surface area contributed by atoms with Crippen LogP contribution in [0.2, 0.25) is 0 Å². The maximum atomic E-state index is 10.7. The van der Waals surface area contributed by atoms with E-state index in [0.717, 1.165) is 12.1 Å².